The van der Waals surface area contributed by atoms with E-state index in [-0.39, 0.29) is 11.9 Å². The molecule has 4 heteroatoms. The maximum Gasteiger partial charge on any atom is 0.240 e. The van der Waals surface area contributed by atoms with Gasteiger partial charge in [0.2, 0.25) is 5.91 Å². The molecule has 1 N–H and O–H groups in total. The van der Waals surface area contributed by atoms with E-state index in [1.54, 1.807) is 0 Å². The molecule has 114 valence electrons. The predicted molar refractivity (Wildman–Crippen MR) is 81.1 cm³/mol. The van der Waals surface area contributed by atoms with E-state index in [2.05, 4.69) is 30.3 Å². The number of amides is 1. The Balaban J connectivity index is 2.73. The summed E-state index contributed by atoms with van der Waals surface area (Å²) in [6.45, 7) is 8.26. The first-order chi connectivity index (χ1) is 9.49. The van der Waals surface area contributed by atoms with Crippen molar-refractivity contribution < 1.29 is 4.79 Å². The molecule has 0 radical (unpaired) electrons. The van der Waals surface area contributed by atoms with Crippen molar-refractivity contribution in [1.29, 1.82) is 5.26 Å². The molecule has 1 saturated heterocycles. The number of likely N-dealkylation sites (tertiary alicyclic amines) is 1. The molecular weight excluding hydrogens is 250 g/mol. The number of carbonyl (C=O) groups is 1. The van der Waals surface area contributed by atoms with Gasteiger partial charge in [0.25, 0.3) is 0 Å². The number of piperidine rings is 1. The minimum absolute atomic E-state index is 0.0508. The molecule has 0 bridgehead atoms. The smallest absolute Gasteiger partial charge is 0.240 e. The van der Waals surface area contributed by atoms with Crippen molar-refractivity contribution in [3.8, 4) is 6.07 Å². The number of hydrogen-bond donors (Lipinski definition) is 1. The third-order valence-electron chi connectivity index (χ3n) is 4.43. The van der Waals surface area contributed by atoms with Gasteiger partial charge in [0.15, 0.2) is 0 Å². The van der Waals surface area contributed by atoms with Crippen LogP contribution in [0.4, 0.5) is 0 Å². The van der Waals surface area contributed by atoms with Gasteiger partial charge < -0.3 is 10.2 Å². The zero-order valence-corrected chi connectivity index (χ0v) is 13.4. The van der Waals surface area contributed by atoms with Gasteiger partial charge >= 0.3 is 0 Å². The van der Waals surface area contributed by atoms with Crippen LogP contribution < -0.4 is 5.32 Å². The molecule has 1 fully saturated rings. The topological polar surface area (TPSA) is 56.1 Å². The van der Waals surface area contributed by atoms with E-state index in [1.807, 2.05) is 13.8 Å². The normalized spacial score (nSPS) is 24.1. The van der Waals surface area contributed by atoms with Crippen LogP contribution in [-0.4, -0.2) is 37.0 Å². The molecule has 0 aliphatic carbocycles. The van der Waals surface area contributed by atoms with E-state index in [0.29, 0.717) is 18.8 Å². The Morgan fingerprint density at radius 3 is 2.45 bits per heavy atom. The second-order valence-corrected chi connectivity index (χ2v) is 6.30. The number of nitrogens with one attached hydrogen (secondary N) is 1. The quantitative estimate of drug-likeness (QED) is 0.813. The van der Waals surface area contributed by atoms with E-state index >= 15 is 0 Å². The lowest BCUT2D eigenvalue weighted by Gasteiger charge is -2.37. The molecule has 20 heavy (non-hydrogen) atoms. The van der Waals surface area contributed by atoms with Gasteiger partial charge in [-0.25, -0.2) is 0 Å². The molecule has 0 saturated carbocycles. The van der Waals surface area contributed by atoms with Crippen LogP contribution in [0.3, 0.4) is 0 Å². The van der Waals surface area contributed by atoms with E-state index in [1.165, 1.54) is 0 Å². The molecular formula is C16H29N3O. The van der Waals surface area contributed by atoms with Gasteiger partial charge in [0.1, 0.15) is 5.41 Å². The van der Waals surface area contributed by atoms with Gasteiger partial charge in [-0.05, 0) is 38.8 Å². The Labute approximate surface area is 123 Å². The Kier molecular flexibility index (Phi) is 6.48. The fraction of sp³-hybridized carbons (Fsp3) is 0.875. The standard InChI is InChI=1S/C16H29N3O/c1-5-8-16(12-17,9-6-2)15(20)18-14-7-10-19(4)11-13(14)3/h13-14H,5-11H2,1-4H3,(H,18,20). The summed E-state index contributed by atoms with van der Waals surface area (Å²) in [4.78, 5) is 14.9. The summed E-state index contributed by atoms with van der Waals surface area (Å²) < 4.78 is 0. The van der Waals surface area contributed by atoms with Gasteiger partial charge in [-0.1, -0.05) is 33.6 Å². The molecule has 1 aliphatic rings. The molecule has 1 heterocycles. The molecule has 4 nitrogen and oxygen atoms in total. The van der Waals surface area contributed by atoms with Gasteiger partial charge in [0, 0.05) is 12.6 Å². The third kappa shape index (κ3) is 3.96. The van der Waals surface area contributed by atoms with Gasteiger partial charge in [0.05, 0.1) is 6.07 Å². The van der Waals surface area contributed by atoms with Crippen molar-refractivity contribution in [3.05, 3.63) is 0 Å². The summed E-state index contributed by atoms with van der Waals surface area (Å²) >= 11 is 0. The van der Waals surface area contributed by atoms with Crippen molar-refractivity contribution in [2.45, 2.75) is 58.9 Å². The van der Waals surface area contributed by atoms with Crippen LogP contribution in [0.15, 0.2) is 0 Å². The third-order valence-corrected chi connectivity index (χ3v) is 4.43. The van der Waals surface area contributed by atoms with Crippen LogP contribution in [0.25, 0.3) is 0 Å². The highest BCUT2D eigenvalue weighted by atomic mass is 16.2. The lowest BCUT2D eigenvalue weighted by molar-refractivity contribution is -0.130. The Morgan fingerprint density at radius 1 is 1.40 bits per heavy atom. The Hall–Kier alpha value is -1.08. The lowest BCUT2D eigenvalue weighted by atomic mass is 9.79. The molecule has 2 unspecified atom stereocenters. The first kappa shape index (κ1) is 17.0. The second-order valence-electron chi connectivity index (χ2n) is 6.30. The Morgan fingerprint density at radius 2 is 2.00 bits per heavy atom. The highest BCUT2D eigenvalue weighted by Gasteiger charge is 2.39. The summed E-state index contributed by atoms with van der Waals surface area (Å²) in [5.41, 5.74) is -0.827. The van der Waals surface area contributed by atoms with Crippen molar-refractivity contribution in [2.75, 3.05) is 20.1 Å². The van der Waals surface area contributed by atoms with Crippen LogP contribution >= 0.6 is 0 Å². The molecule has 0 spiro atoms. The van der Waals surface area contributed by atoms with E-state index in [4.69, 9.17) is 0 Å². The highest BCUT2D eigenvalue weighted by Crippen LogP contribution is 2.30. The minimum atomic E-state index is -0.827. The summed E-state index contributed by atoms with van der Waals surface area (Å²) in [6, 6.07) is 2.52. The number of nitriles is 1. The maximum atomic E-state index is 12.6. The summed E-state index contributed by atoms with van der Waals surface area (Å²) in [6.07, 6.45) is 4.02. The number of carbonyl (C=O) groups excluding carboxylic acids is 1. The van der Waals surface area contributed by atoms with Gasteiger partial charge in [-0.15, -0.1) is 0 Å². The summed E-state index contributed by atoms with van der Waals surface area (Å²) in [7, 11) is 2.11. The number of hydrogen-bond acceptors (Lipinski definition) is 3. The van der Waals surface area contributed by atoms with E-state index < -0.39 is 5.41 Å². The Bertz CT molecular complexity index is 355. The van der Waals surface area contributed by atoms with E-state index in [0.717, 1.165) is 32.4 Å². The zero-order valence-electron chi connectivity index (χ0n) is 13.4. The molecule has 1 aliphatic heterocycles. The monoisotopic (exact) mass is 279 g/mol. The maximum absolute atomic E-state index is 12.6. The molecule has 1 amide bonds. The highest BCUT2D eigenvalue weighted by molar-refractivity contribution is 5.85. The fourth-order valence-corrected chi connectivity index (χ4v) is 3.24. The SMILES string of the molecule is CCCC(C#N)(CCC)C(=O)NC1CCN(C)CC1C. The summed E-state index contributed by atoms with van der Waals surface area (Å²) in [5.74, 6) is 0.391. The molecule has 0 aromatic rings. The molecule has 0 aromatic carbocycles. The average molecular weight is 279 g/mol. The van der Waals surface area contributed by atoms with Crippen LogP contribution in [0, 0.1) is 22.7 Å². The molecule has 2 atom stereocenters. The zero-order chi connectivity index (χ0) is 15.2. The largest absolute Gasteiger partial charge is 0.352 e. The molecule has 1 rings (SSSR count). The second kappa shape index (κ2) is 7.64. The molecule has 0 aromatic heterocycles. The summed E-state index contributed by atoms with van der Waals surface area (Å²) in [5, 5.41) is 12.7. The van der Waals surface area contributed by atoms with Crippen molar-refractivity contribution in [2.24, 2.45) is 11.3 Å². The van der Waals surface area contributed by atoms with Crippen LogP contribution in [0.5, 0.6) is 0 Å². The van der Waals surface area contributed by atoms with Crippen molar-refractivity contribution in [1.82, 2.24) is 10.2 Å². The minimum Gasteiger partial charge on any atom is -0.352 e. The van der Waals surface area contributed by atoms with Crippen LogP contribution in [0.2, 0.25) is 0 Å². The van der Waals surface area contributed by atoms with Crippen molar-refractivity contribution >= 4 is 5.91 Å². The van der Waals surface area contributed by atoms with E-state index in [9.17, 15) is 10.1 Å². The number of nitrogens with zero attached hydrogens (tertiary/aromatic N) is 2. The van der Waals surface area contributed by atoms with Crippen LogP contribution in [-0.2, 0) is 4.79 Å². The number of rotatable bonds is 6. The lowest BCUT2D eigenvalue weighted by Crippen LogP contribution is -2.52. The first-order valence-electron chi connectivity index (χ1n) is 7.89. The first-order valence-corrected chi connectivity index (χ1v) is 7.89. The van der Waals surface area contributed by atoms with Gasteiger partial charge in [-0.2, -0.15) is 5.26 Å². The predicted octanol–water partition coefficient (Wildman–Crippen LogP) is 2.55. The van der Waals surface area contributed by atoms with Crippen LogP contribution in [0.1, 0.15) is 52.9 Å². The van der Waals surface area contributed by atoms with Gasteiger partial charge in [-0.3, -0.25) is 4.79 Å². The van der Waals surface area contributed by atoms with Crippen molar-refractivity contribution in [3.63, 3.8) is 0 Å². The fourth-order valence-electron chi connectivity index (χ4n) is 3.24. The average Bonchev–Trinajstić information content (AvgIpc) is 2.41.